The van der Waals surface area contributed by atoms with Crippen LogP contribution in [-0.4, -0.2) is 30.1 Å². The van der Waals surface area contributed by atoms with E-state index in [9.17, 15) is 18.3 Å². The lowest BCUT2D eigenvalue weighted by Gasteiger charge is -2.38. The number of aromatic nitrogens is 1. The van der Waals surface area contributed by atoms with Crippen LogP contribution in [0.25, 0.3) is 0 Å². The standard InChI is InChI=1S/C33H37N3O5S/c1-4-16-33(17-15-24-9-6-5-7-10-24)21-29(37)28(31(38)41-33)20-32(2,3)19-25-11-8-12-27(18-25)36-42(39,40)30-14-13-26(22-34)23-35-30/h5-14,18,23,36-37H,4,15-17,19-21H2,1-3H3. The lowest BCUT2D eigenvalue weighted by Crippen LogP contribution is -2.41. The van der Waals surface area contributed by atoms with Crippen molar-refractivity contribution in [3.63, 3.8) is 0 Å². The van der Waals surface area contributed by atoms with Crippen molar-refractivity contribution in [1.29, 1.82) is 5.26 Å². The summed E-state index contributed by atoms with van der Waals surface area (Å²) >= 11 is 0. The number of nitrogens with zero attached hydrogens (tertiary/aromatic N) is 2. The van der Waals surface area contributed by atoms with Gasteiger partial charge >= 0.3 is 5.97 Å². The Kier molecular flexibility index (Phi) is 9.37. The number of nitriles is 1. The third kappa shape index (κ3) is 7.77. The molecular formula is C33H37N3O5S. The van der Waals surface area contributed by atoms with Gasteiger partial charge in [0.1, 0.15) is 17.4 Å². The minimum atomic E-state index is -3.95. The minimum Gasteiger partial charge on any atom is -0.512 e. The molecule has 0 amide bonds. The zero-order valence-electron chi connectivity index (χ0n) is 24.3. The molecule has 0 saturated heterocycles. The lowest BCUT2D eigenvalue weighted by molar-refractivity contribution is -0.161. The van der Waals surface area contributed by atoms with E-state index in [1.54, 1.807) is 18.2 Å². The molecule has 0 bridgehead atoms. The third-order valence-corrected chi connectivity index (χ3v) is 8.77. The maximum atomic E-state index is 13.3. The summed E-state index contributed by atoms with van der Waals surface area (Å²) in [6.45, 7) is 6.05. The number of carbonyl (C=O) groups is 1. The molecule has 0 radical (unpaired) electrons. The van der Waals surface area contributed by atoms with Crippen LogP contribution in [0.3, 0.4) is 0 Å². The van der Waals surface area contributed by atoms with Crippen molar-refractivity contribution in [1.82, 2.24) is 4.98 Å². The largest absolute Gasteiger partial charge is 0.512 e. The SMILES string of the molecule is CCCC1(CCc2ccccc2)CC(O)=C(CC(C)(C)Cc2cccc(NS(=O)(=O)c3ccc(C#N)cn3)c2)C(=O)O1. The predicted molar refractivity (Wildman–Crippen MR) is 161 cm³/mol. The molecular weight excluding hydrogens is 550 g/mol. The summed E-state index contributed by atoms with van der Waals surface area (Å²) in [6, 6.07) is 21.7. The Morgan fingerprint density at radius 1 is 1.05 bits per heavy atom. The van der Waals surface area contributed by atoms with Crippen LogP contribution in [0, 0.1) is 16.7 Å². The fraction of sp³-hybridized carbons (Fsp3) is 0.364. The van der Waals surface area contributed by atoms with E-state index in [-0.39, 0.29) is 16.3 Å². The van der Waals surface area contributed by atoms with Gasteiger partial charge in [0.05, 0.1) is 11.1 Å². The van der Waals surface area contributed by atoms with Crippen molar-refractivity contribution >= 4 is 21.7 Å². The van der Waals surface area contributed by atoms with E-state index in [1.807, 2.05) is 51.1 Å². The smallest absolute Gasteiger partial charge is 0.337 e. The zero-order valence-corrected chi connectivity index (χ0v) is 25.1. The average Bonchev–Trinajstić information content (AvgIpc) is 2.94. The number of pyridine rings is 1. The van der Waals surface area contributed by atoms with E-state index >= 15 is 0 Å². The third-order valence-electron chi connectivity index (χ3n) is 7.47. The highest BCUT2D eigenvalue weighted by Crippen LogP contribution is 2.41. The summed E-state index contributed by atoms with van der Waals surface area (Å²) in [5.74, 6) is -0.373. The number of anilines is 1. The van der Waals surface area contributed by atoms with Crippen molar-refractivity contribution in [2.24, 2.45) is 5.41 Å². The number of esters is 1. The molecule has 4 rings (SSSR count). The van der Waals surface area contributed by atoms with Crippen LogP contribution in [0.4, 0.5) is 5.69 Å². The van der Waals surface area contributed by atoms with Crippen LogP contribution >= 0.6 is 0 Å². The van der Waals surface area contributed by atoms with Gasteiger partial charge in [0.25, 0.3) is 10.0 Å². The van der Waals surface area contributed by atoms with Crippen molar-refractivity contribution in [2.45, 2.75) is 76.3 Å². The van der Waals surface area contributed by atoms with Crippen molar-refractivity contribution in [3.05, 3.63) is 101 Å². The van der Waals surface area contributed by atoms with E-state index in [0.717, 1.165) is 24.0 Å². The van der Waals surface area contributed by atoms with Gasteiger partial charge in [-0.3, -0.25) is 4.72 Å². The normalized spacial score (nSPS) is 17.4. The highest BCUT2D eigenvalue weighted by atomic mass is 32.2. The molecule has 8 nitrogen and oxygen atoms in total. The fourth-order valence-electron chi connectivity index (χ4n) is 5.53. The van der Waals surface area contributed by atoms with Gasteiger partial charge in [0.15, 0.2) is 5.03 Å². The quantitative estimate of drug-likeness (QED) is 0.227. The second-order valence-electron chi connectivity index (χ2n) is 11.7. The van der Waals surface area contributed by atoms with Gasteiger partial charge in [-0.15, -0.1) is 0 Å². The van der Waals surface area contributed by atoms with Gasteiger partial charge in [0.2, 0.25) is 0 Å². The van der Waals surface area contributed by atoms with Crippen molar-refractivity contribution in [3.8, 4) is 6.07 Å². The number of benzene rings is 2. The number of hydrogen-bond donors (Lipinski definition) is 2. The Balaban J connectivity index is 1.45. The second kappa shape index (κ2) is 12.8. The first-order valence-electron chi connectivity index (χ1n) is 14.1. The summed E-state index contributed by atoms with van der Waals surface area (Å²) < 4.78 is 34.3. The number of nitrogens with one attached hydrogen (secondary N) is 1. The number of aliphatic hydroxyl groups excluding tert-OH is 1. The van der Waals surface area contributed by atoms with Crippen molar-refractivity contribution < 1.29 is 23.1 Å². The number of ether oxygens (including phenoxy) is 1. The van der Waals surface area contributed by atoms with Gasteiger partial charge < -0.3 is 9.84 Å². The molecule has 9 heteroatoms. The van der Waals surface area contributed by atoms with E-state index in [2.05, 4.69) is 21.8 Å². The Hall–Kier alpha value is -4.16. The number of sulfonamides is 1. The first kappa shape index (κ1) is 30.8. The van der Waals surface area contributed by atoms with E-state index in [0.29, 0.717) is 43.4 Å². The number of rotatable bonds is 12. The number of aliphatic hydroxyl groups is 1. The molecule has 1 unspecified atom stereocenters. The molecule has 2 heterocycles. The zero-order chi connectivity index (χ0) is 30.4. The summed E-state index contributed by atoms with van der Waals surface area (Å²) in [5, 5.41) is 19.9. The van der Waals surface area contributed by atoms with Crippen LogP contribution in [0.5, 0.6) is 0 Å². The highest BCUT2D eigenvalue weighted by Gasteiger charge is 2.42. The molecule has 1 aliphatic heterocycles. The fourth-order valence-corrected chi connectivity index (χ4v) is 6.51. The Bertz CT molecular complexity index is 1590. The summed E-state index contributed by atoms with van der Waals surface area (Å²) in [5.41, 5.74) is 1.80. The van der Waals surface area contributed by atoms with Crippen molar-refractivity contribution in [2.75, 3.05) is 4.72 Å². The predicted octanol–water partition coefficient (Wildman–Crippen LogP) is 6.64. The molecule has 0 aliphatic carbocycles. The van der Waals surface area contributed by atoms with E-state index < -0.39 is 27.0 Å². The van der Waals surface area contributed by atoms with E-state index in [1.165, 1.54) is 18.3 Å². The van der Waals surface area contributed by atoms with Gasteiger partial charge in [-0.1, -0.05) is 69.7 Å². The minimum absolute atomic E-state index is 0.0947. The molecule has 1 atom stereocenters. The number of cyclic esters (lactones) is 1. The molecule has 220 valence electrons. The van der Waals surface area contributed by atoms with Crippen LogP contribution in [0.1, 0.15) is 69.6 Å². The Morgan fingerprint density at radius 3 is 2.43 bits per heavy atom. The number of carbonyl (C=O) groups excluding carboxylic acids is 1. The Morgan fingerprint density at radius 2 is 1.79 bits per heavy atom. The number of aryl methyl sites for hydroxylation is 1. The molecule has 1 aromatic heterocycles. The average molecular weight is 588 g/mol. The first-order chi connectivity index (χ1) is 19.9. The van der Waals surface area contributed by atoms with Crippen LogP contribution in [-0.2, 0) is 32.4 Å². The van der Waals surface area contributed by atoms with Crippen LogP contribution in [0.2, 0.25) is 0 Å². The maximum absolute atomic E-state index is 13.3. The lowest BCUT2D eigenvalue weighted by atomic mass is 9.77. The summed E-state index contributed by atoms with van der Waals surface area (Å²) in [6.07, 6.45) is 5.24. The molecule has 2 aromatic carbocycles. The van der Waals surface area contributed by atoms with E-state index in [4.69, 9.17) is 10.00 Å². The molecule has 2 N–H and O–H groups in total. The van der Waals surface area contributed by atoms with Gasteiger partial charge in [-0.05, 0) is 72.9 Å². The van der Waals surface area contributed by atoms with Gasteiger partial charge in [0, 0.05) is 18.3 Å². The number of hydrogen-bond acceptors (Lipinski definition) is 7. The molecule has 3 aromatic rings. The maximum Gasteiger partial charge on any atom is 0.337 e. The molecule has 42 heavy (non-hydrogen) atoms. The topological polar surface area (TPSA) is 129 Å². The molecule has 1 aliphatic rings. The first-order valence-corrected chi connectivity index (χ1v) is 15.6. The monoisotopic (exact) mass is 587 g/mol. The van der Waals surface area contributed by atoms with Crippen LogP contribution < -0.4 is 4.72 Å². The Labute approximate surface area is 248 Å². The molecule has 0 saturated carbocycles. The summed E-state index contributed by atoms with van der Waals surface area (Å²) in [7, 11) is -3.95. The highest BCUT2D eigenvalue weighted by molar-refractivity contribution is 7.92. The van der Waals surface area contributed by atoms with Gasteiger partial charge in [-0.25, -0.2) is 9.78 Å². The van der Waals surface area contributed by atoms with Gasteiger partial charge in [-0.2, -0.15) is 13.7 Å². The molecule has 0 spiro atoms. The molecule has 0 fully saturated rings. The second-order valence-corrected chi connectivity index (χ2v) is 13.4. The summed E-state index contributed by atoms with van der Waals surface area (Å²) in [4.78, 5) is 17.2. The van der Waals surface area contributed by atoms with Crippen LogP contribution in [0.15, 0.2) is 89.3 Å².